The third kappa shape index (κ3) is 2.41. The molecule has 1 rings (SSSR count). The van der Waals surface area contributed by atoms with Crippen molar-refractivity contribution < 1.29 is 13.2 Å². The van der Waals surface area contributed by atoms with Gasteiger partial charge in [0.2, 0.25) is 5.91 Å². The Hall–Kier alpha value is -0.620. The van der Waals surface area contributed by atoms with Crippen LogP contribution in [0, 0.1) is 0 Å². The predicted molar refractivity (Wildman–Crippen MR) is 48.9 cm³/mol. The van der Waals surface area contributed by atoms with E-state index >= 15 is 0 Å². The van der Waals surface area contributed by atoms with E-state index in [0.717, 1.165) is 0 Å². The van der Waals surface area contributed by atoms with Gasteiger partial charge in [0.05, 0.1) is 5.75 Å². The van der Waals surface area contributed by atoms with Gasteiger partial charge in [0.15, 0.2) is 9.84 Å². The Kier molecular flexibility index (Phi) is 2.92. The molecule has 0 aromatic heterocycles. The van der Waals surface area contributed by atoms with Crippen LogP contribution in [-0.2, 0) is 14.6 Å². The molecule has 1 atom stereocenters. The lowest BCUT2D eigenvalue weighted by molar-refractivity contribution is -0.141. The molecule has 0 aromatic carbocycles. The van der Waals surface area contributed by atoms with Gasteiger partial charge in [-0.25, -0.2) is 8.42 Å². The van der Waals surface area contributed by atoms with Crippen molar-refractivity contribution in [1.82, 2.24) is 4.90 Å². The quantitative estimate of drug-likeness (QED) is 0.573. The summed E-state index contributed by atoms with van der Waals surface area (Å²) in [5.74, 6) is 0.0227. The summed E-state index contributed by atoms with van der Waals surface area (Å²) < 4.78 is 22.1. The summed E-state index contributed by atoms with van der Waals surface area (Å²) in [6, 6.07) is -0.413. The van der Waals surface area contributed by atoms with Crippen molar-refractivity contribution in [3.8, 4) is 0 Å². The number of amides is 1. The van der Waals surface area contributed by atoms with Gasteiger partial charge >= 0.3 is 0 Å². The summed E-state index contributed by atoms with van der Waals surface area (Å²) in [7, 11) is -2.97. The normalized spacial score (nSPS) is 23.1. The number of likely N-dealkylation sites (tertiary alicyclic amines) is 1. The van der Waals surface area contributed by atoms with Gasteiger partial charge in [-0.05, 0) is 0 Å². The molecule has 0 spiro atoms. The monoisotopic (exact) mass is 206 g/mol. The minimum absolute atomic E-state index is 0.0436. The maximum Gasteiger partial charge on any atom is 0.241 e. The van der Waals surface area contributed by atoms with Crippen molar-refractivity contribution in [2.75, 3.05) is 24.6 Å². The largest absolute Gasteiger partial charge is 0.338 e. The zero-order valence-electron chi connectivity index (χ0n) is 7.56. The molecular weight excluding hydrogens is 192 g/mol. The van der Waals surface area contributed by atoms with Gasteiger partial charge in [-0.15, -0.1) is 0 Å². The molecule has 1 heterocycles. The molecule has 1 fully saturated rings. The van der Waals surface area contributed by atoms with E-state index in [0.29, 0.717) is 6.54 Å². The van der Waals surface area contributed by atoms with E-state index in [-0.39, 0.29) is 24.0 Å². The summed E-state index contributed by atoms with van der Waals surface area (Å²) in [4.78, 5) is 12.4. The highest BCUT2D eigenvalue weighted by Crippen LogP contribution is 2.07. The number of sulfone groups is 1. The van der Waals surface area contributed by atoms with Crippen molar-refractivity contribution in [3.05, 3.63) is 0 Å². The van der Waals surface area contributed by atoms with E-state index in [1.54, 1.807) is 6.92 Å². The molecule has 13 heavy (non-hydrogen) atoms. The lowest BCUT2D eigenvalue weighted by Crippen LogP contribution is -2.61. The fraction of sp³-hybridized carbons (Fsp3) is 0.857. The molecular formula is C7H14N2O3S. The van der Waals surface area contributed by atoms with Crippen molar-refractivity contribution in [2.45, 2.75) is 13.0 Å². The summed E-state index contributed by atoms with van der Waals surface area (Å²) >= 11 is 0. The van der Waals surface area contributed by atoms with Gasteiger partial charge in [0, 0.05) is 18.8 Å². The maximum atomic E-state index is 11.1. The molecule has 76 valence electrons. The van der Waals surface area contributed by atoms with Crippen molar-refractivity contribution in [2.24, 2.45) is 5.73 Å². The van der Waals surface area contributed by atoms with Crippen LogP contribution in [0.1, 0.15) is 6.92 Å². The second-order valence-electron chi connectivity index (χ2n) is 3.13. The van der Waals surface area contributed by atoms with Gasteiger partial charge < -0.3 is 10.6 Å². The average Bonchev–Trinajstić information content (AvgIpc) is 2.11. The molecule has 0 bridgehead atoms. The van der Waals surface area contributed by atoms with Crippen LogP contribution in [0.2, 0.25) is 0 Å². The van der Waals surface area contributed by atoms with Crippen LogP contribution in [0.4, 0.5) is 0 Å². The van der Waals surface area contributed by atoms with E-state index in [4.69, 9.17) is 5.73 Å². The zero-order chi connectivity index (χ0) is 10.1. The Labute approximate surface area is 77.8 Å². The molecule has 6 heteroatoms. The average molecular weight is 206 g/mol. The minimum atomic E-state index is -2.97. The molecule has 1 saturated heterocycles. The second-order valence-corrected chi connectivity index (χ2v) is 5.60. The fourth-order valence-corrected chi connectivity index (χ4v) is 1.91. The zero-order valence-corrected chi connectivity index (χ0v) is 8.38. The minimum Gasteiger partial charge on any atom is -0.338 e. The number of nitrogens with two attached hydrogens (primary N) is 1. The van der Waals surface area contributed by atoms with Gasteiger partial charge in [0.1, 0.15) is 6.04 Å². The van der Waals surface area contributed by atoms with Crippen LogP contribution < -0.4 is 5.73 Å². The SMILES string of the molecule is CCS(=O)(=O)CCN1CC(N)C1=O. The van der Waals surface area contributed by atoms with Crippen LogP contribution >= 0.6 is 0 Å². The van der Waals surface area contributed by atoms with Crippen LogP contribution in [0.15, 0.2) is 0 Å². The van der Waals surface area contributed by atoms with Crippen LogP contribution in [0.3, 0.4) is 0 Å². The predicted octanol–water partition coefficient (Wildman–Crippen LogP) is -1.41. The van der Waals surface area contributed by atoms with Gasteiger partial charge in [-0.2, -0.15) is 0 Å². The van der Waals surface area contributed by atoms with Crippen LogP contribution in [0.5, 0.6) is 0 Å². The molecule has 1 aliphatic rings. The fourth-order valence-electron chi connectivity index (χ4n) is 1.12. The van der Waals surface area contributed by atoms with E-state index in [2.05, 4.69) is 0 Å². The molecule has 0 aliphatic carbocycles. The highest BCUT2D eigenvalue weighted by Gasteiger charge is 2.33. The molecule has 2 N–H and O–H groups in total. The van der Waals surface area contributed by atoms with E-state index in [9.17, 15) is 13.2 Å². The van der Waals surface area contributed by atoms with E-state index in [1.807, 2.05) is 0 Å². The Morgan fingerprint density at radius 2 is 2.23 bits per heavy atom. The third-order valence-corrected chi connectivity index (χ3v) is 3.84. The van der Waals surface area contributed by atoms with E-state index < -0.39 is 15.9 Å². The summed E-state index contributed by atoms with van der Waals surface area (Å²) in [5.41, 5.74) is 5.34. The van der Waals surface area contributed by atoms with Crippen LogP contribution in [-0.4, -0.2) is 49.9 Å². The number of carbonyl (C=O) groups excluding carboxylic acids is 1. The Balaban J connectivity index is 2.33. The Bertz CT molecular complexity index is 299. The highest BCUT2D eigenvalue weighted by molar-refractivity contribution is 7.91. The first-order valence-electron chi connectivity index (χ1n) is 4.21. The summed E-state index contributed by atoms with van der Waals surface area (Å²) in [6.07, 6.45) is 0. The smallest absolute Gasteiger partial charge is 0.241 e. The first-order chi connectivity index (χ1) is 5.96. The topological polar surface area (TPSA) is 80.5 Å². The lowest BCUT2D eigenvalue weighted by atomic mass is 10.1. The number of carbonyl (C=O) groups is 1. The molecule has 1 amide bonds. The number of nitrogens with zero attached hydrogens (tertiary/aromatic N) is 1. The number of hydrogen-bond donors (Lipinski definition) is 1. The Morgan fingerprint density at radius 1 is 1.62 bits per heavy atom. The van der Waals surface area contributed by atoms with Gasteiger partial charge in [-0.3, -0.25) is 4.79 Å². The third-order valence-electron chi connectivity index (χ3n) is 2.16. The lowest BCUT2D eigenvalue weighted by Gasteiger charge is -2.35. The highest BCUT2D eigenvalue weighted by atomic mass is 32.2. The number of β-lactam (4-membered cyclic amide) rings is 1. The maximum absolute atomic E-state index is 11.1. The molecule has 0 radical (unpaired) electrons. The summed E-state index contributed by atoms with van der Waals surface area (Å²) in [6.45, 7) is 2.36. The standard InChI is InChI=1S/C7H14N2O3S/c1-2-13(11,12)4-3-9-5-6(8)7(9)10/h6H,2-5,8H2,1H3. The molecule has 5 nitrogen and oxygen atoms in total. The molecule has 0 aromatic rings. The van der Waals surface area contributed by atoms with Gasteiger partial charge in [-0.1, -0.05) is 6.92 Å². The van der Waals surface area contributed by atoms with Gasteiger partial charge in [0.25, 0.3) is 0 Å². The van der Waals surface area contributed by atoms with Crippen molar-refractivity contribution in [3.63, 3.8) is 0 Å². The second kappa shape index (κ2) is 3.63. The van der Waals surface area contributed by atoms with Crippen LogP contribution in [0.25, 0.3) is 0 Å². The number of rotatable bonds is 4. The molecule has 1 unspecified atom stereocenters. The Morgan fingerprint density at radius 3 is 2.62 bits per heavy atom. The van der Waals surface area contributed by atoms with Crippen molar-refractivity contribution >= 4 is 15.7 Å². The molecule has 1 aliphatic heterocycles. The first-order valence-corrected chi connectivity index (χ1v) is 6.03. The molecule has 0 saturated carbocycles. The van der Waals surface area contributed by atoms with E-state index in [1.165, 1.54) is 4.90 Å². The van der Waals surface area contributed by atoms with Crippen molar-refractivity contribution in [1.29, 1.82) is 0 Å². The summed E-state index contributed by atoms with van der Waals surface area (Å²) in [5, 5.41) is 0. The first kappa shape index (κ1) is 10.5. The number of hydrogen-bond acceptors (Lipinski definition) is 4.